The second-order valence-electron chi connectivity index (χ2n) is 5.31. The monoisotopic (exact) mass is 299 g/mol. The minimum absolute atomic E-state index is 0. The highest BCUT2D eigenvalue weighted by atomic mass is 35.5. The van der Waals surface area contributed by atoms with Crippen LogP contribution in [0.25, 0.3) is 0 Å². The molecule has 1 fully saturated rings. The molecule has 3 N–H and O–H groups in total. The first-order chi connectivity index (χ1) is 9.04. The molecule has 1 aliphatic rings. The Hall–Kier alpha value is -1.33. The highest BCUT2D eigenvalue weighted by molar-refractivity contribution is 5.93. The smallest absolute Gasteiger partial charge is 0.274 e. The number of nitrogens with one attached hydrogen (secondary N) is 1. The van der Waals surface area contributed by atoms with Gasteiger partial charge in [-0.05, 0) is 43.9 Å². The van der Waals surface area contributed by atoms with Crippen LogP contribution in [0, 0.1) is 18.8 Å². The van der Waals surface area contributed by atoms with Gasteiger partial charge in [-0.3, -0.25) is 9.59 Å². The van der Waals surface area contributed by atoms with E-state index in [1.807, 2.05) is 13.0 Å². The average Bonchev–Trinajstić information content (AvgIpc) is 2.87. The van der Waals surface area contributed by atoms with E-state index >= 15 is 0 Å². The predicted octanol–water partition coefficient (Wildman–Crippen LogP) is 1.43. The Bertz CT molecular complexity index is 542. The van der Waals surface area contributed by atoms with E-state index in [-0.39, 0.29) is 35.7 Å². The van der Waals surface area contributed by atoms with Crippen molar-refractivity contribution in [2.24, 2.45) is 24.6 Å². The van der Waals surface area contributed by atoms with Crippen LogP contribution in [0.4, 0.5) is 5.69 Å². The molecule has 1 aliphatic carbocycles. The molecule has 1 amide bonds. The quantitative estimate of drug-likeness (QED) is 0.886. The van der Waals surface area contributed by atoms with Crippen molar-refractivity contribution in [1.82, 2.24) is 4.57 Å². The second-order valence-corrected chi connectivity index (χ2v) is 5.31. The van der Waals surface area contributed by atoms with Crippen molar-refractivity contribution < 1.29 is 4.79 Å². The van der Waals surface area contributed by atoms with E-state index in [4.69, 9.17) is 5.73 Å². The van der Waals surface area contributed by atoms with E-state index in [9.17, 15) is 9.59 Å². The minimum Gasteiger partial charge on any atom is -0.330 e. The summed E-state index contributed by atoms with van der Waals surface area (Å²) in [5, 5.41) is 2.80. The number of anilines is 1. The average molecular weight is 300 g/mol. The van der Waals surface area contributed by atoms with Crippen LogP contribution in [-0.4, -0.2) is 17.0 Å². The zero-order valence-electron chi connectivity index (χ0n) is 11.9. The first-order valence-corrected chi connectivity index (χ1v) is 6.71. The van der Waals surface area contributed by atoms with Crippen molar-refractivity contribution in [2.75, 3.05) is 11.9 Å². The summed E-state index contributed by atoms with van der Waals surface area (Å²) in [6.07, 6.45) is 4.59. The maximum absolute atomic E-state index is 12.3. The van der Waals surface area contributed by atoms with Crippen LogP contribution in [0.2, 0.25) is 0 Å². The predicted molar refractivity (Wildman–Crippen MR) is 82.2 cm³/mol. The fourth-order valence-corrected chi connectivity index (χ4v) is 2.75. The van der Waals surface area contributed by atoms with E-state index in [1.165, 1.54) is 4.57 Å². The Morgan fingerprint density at radius 1 is 1.50 bits per heavy atom. The van der Waals surface area contributed by atoms with Gasteiger partial charge >= 0.3 is 0 Å². The first kappa shape index (κ1) is 16.7. The molecule has 2 rings (SSSR count). The van der Waals surface area contributed by atoms with Crippen LogP contribution in [0.3, 0.4) is 0 Å². The molecular formula is C14H22ClN3O2. The summed E-state index contributed by atoms with van der Waals surface area (Å²) in [4.78, 5) is 24.3. The maximum Gasteiger partial charge on any atom is 0.274 e. The largest absolute Gasteiger partial charge is 0.330 e. The lowest BCUT2D eigenvalue weighted by molar-refractivity contribution is -0.120. The molecule has 0 spiro atoms. The second kappa shape index (κ2) is 6.90. The standard InChI is InChI=1S/C14H21N3O2.ClH/c1-9-6-7-17(2)14(19)12(9)16-13(18)11-5-3-4-10(11)8-15;/h6-7,10-11H,3-5,8,15H2,1-2H3,(H,16,18);1H/t10-,11-;/m1./s1. The van der Waals surface area contributed by atoms with Crippen LogP contribution in [0.5, 0.6) is 0 Å². The van der Waals surface area contributed by atoms with E-state index in [0.717, 1.165) is 24.8 Å². The van der Waals surface area contributed by atoms with Gasteiger partial charge in [0.15, 0.2) is 0 Å². The molecule has 1 saturated carbocycles. The zero-order chi connectivity index (χ0) is 14.0. The van der Waals surface area contributed by atoms with Crippen LogP contribution < -0.4 is 16.6 Å². The minimum atomic E-state index is -0.171. The van der Waals surface area contributed by atoms with E-state index in [0.29, 0.717) is 12.2 Å². The molecule has 0 saturated heterocycles. The van der Waals surface area contributed by atoms with Gasteiger partial charge < -0.3 is 15.6 Å². The first-order valence-electron chi connectivity index (χ1n) is 6.71. The van der Waals surface area contributed by atoms with Crippen molar-refractivity contribution >= 4 is 24.0 Å². The molecule has 0 unspecified atom stereocenters. The number of hydrogen-bond donors (Lipinski definition) is 2. The number of rotatable bonds is 3. The van der Waals surface area contributed by atoms with Gasteiger partial charge in [0.25, 0.3) is 5.56 Å². The summed E-state index contributed by atoms with van der Waals surface area (Å²) in [5.41, 5.74) is 6.70. The van der Waals surface area contributed by atoms with Gasteiger partial charge in [0, 0.05) is 19.2 Å². The van der Waals surface area contributed by atoms with Crippen molar-refractivity contribution in [3.63, 3.8) is 0 Å². The van der Waals surface area contributed by atoms with E-state index in [2.05, 4.69) is 5.32 Å². The molecule has 0 radical (unpaired) electrons. The summed E-state index contributed by atoms with van der Waals surface area (Å²) >= 11 is 0. The molecule has 1 heterocycles. The van der Waals surface area contributed by atoms with Gasteiger partial charge in [0.1, 0.15) is 5.69 Å². The topological polar surface area (TPSA) is 77.1 Å². The number of hydrogen-bond acceptors (Lipinski definition) is 3. The van der Waals surface area contributed by atoms with Gasteiger partial charge in [-0.2, -0.15) is 0 Å². The lowest BCUT2D eigenvalue weighted by Crippen LogP contribution is -2.32. The summed E-state index contributed by atoms with van der Waals surface area (Å²) in [6.45, 7) is 2.36. The number of aryl methyl sites for hydroxylation is 2. The Balaban J connectivity index is 0.00000200. The highest BCUT2D eigenvalue weighted by Gasteiger charge is 2.32. The third-order valence-corrected chi connectivity index (χ3v) is 4.02. The molecule has 0 aromatic carbocycles. The lowest BCUT2D eigenvalue weighted by atomic mass is 9.95. The fraction of sp³-hybridized carbons (Fsp3) is 0.571. The number of amides is 1. The van der Waals surface area contributed by atoms with Gasteiger partial charge in [0.2, 0.25) is 5.91 Å². The number of nitrogens with zero attached hydrogens (tertiary/aromatic N) is 1. The number of pyridine rings is 1. The van der Waals surface area contributed by atoms with Crippen LogP contribution in [0.15, 0.2) is 17.1 Å². The van der Waals surface area contributed by atoms with Gasteiger partial charge in [0.05, 0.1) is 0 Å². The highest BCUT2D eigenvalue weighted by Crippen LogP contribution is 2.31. The SMILES string of the molecule is Cc1ccn(C)c(=O)c1NC(=O)[C@@H]1CCC[C@@H]1CN.Cl. The number of halogens is 1. The molecule has 5 nitrogen and oxygen atoms in total. The number of aromatic nitrogens is 1. The fourth-order valence-electron chi connectivity index (χ4n) is 2.75. The molecule has 0 aliphatic heterocycles. The number of carbonyl (C=O) groups is 1. The molecule has 112 valence electrons. The molecule has 1 aromatic rings. The maximum atomic E-state index is 12.3. The zero-order valence-corrected chi connectivity index (χ0v) is 12.7. The van der Waals surface area contributed by atoms with E-state index in [1.54, 1.807) is 13.2 Å². The molecule has 0 bridgehead atoms. The third kappa shape index (κ3) is 3.22. The lowest BCUT2D eigenvalue weighted by Gasteiger charge is -2.18. The van der Waals surface area contributed by atoms with Crippen molar-refractivity contribution in [3.05, 3.63) is 28.2 Å². The summed E-state index contributed by atoms with van der Waals surface area (Å²) in [7, 11) is 1.68. The normalized spacial score (nSPS) is 21.4. The third-order valence-electron chi connectivity index (χ3n) is 4.02. The van der Waals surface area contributed by atoms with Crippen molar-refractivity contribution in [1.29, 1.82) is 0 Å². The van der Waals surface area contributed by atoms with Gasteiger partial charge in [-0.1, -0.05) is 6.42 Å². The molecule has 1 aromatic heterocycles. The van der Waals surface area contributed by atoms with Crippen LogP contribution in [-0.2, 0) is 11.8 Å². The Morgan fingerprint density at radius 3 is 2.85 bits per heavy atom. The van der Waals surface area contributed by atoms with Crippen LogP contribution >= 0.6 is 12.4 Å². The van der Waals surface area contributed by atoms with Crippen molar-refractivity contribution in [3.8, 4) is 0 Å². The van der Waals surface area contributed by atoms with E-state index < -0.39 is 0 Å². The molecule has 2 atom stereocenters. The Labute approximate surface area is 125 Å². The Morgan fingerprint density at radius 2 is 2.20 bits per heavy atom. The number of nitrogens with two attached hydrogens (primary N) is 1. The number of carbonyl (C=O) groups excluding carboxylic acids is 1. The summed E-state index contributed by atoms with van der Waals surface area (Å²) < 4.78 is 1.47. The molecule has 20 heavy (non-hydrogen) atoms. The molecule has 6 heteroatoms. The van der Waals surface area contributed by atoms with Crippen LogP contribution in [0.1, 0.15) is 24.8 Å². The summed E-state index contributed by atoms with van der Waals surface area (Å²) in [5.74, 6) is 0.113. The van der Waals surface area contributed by atoms with Crippen molar-refractivity contribution in [2.45, 2.75) is 26.2 Å². The Kier molecular flexibility index (Phi) is 5.77. The van der Waals surface area contributed by atoms with Gasteiger partial charge in [-0.25, -0.2) is 0 Å². The van der Waals surface area contributed by atoms with Gasteiger partial charge in [-0.15, -0.1) is 12.4 Å². The summed E-state index contributed by atoms with van der Waals surface area (Å²) in [6, 6.07) is 1.83. The molecular weight excluding hydrogens is 278 g/mol.